The Bertz CT molecular complexity index is 2140. The summed E-state index contributed by atoms with van der Waals surface area (Å²) in [5.74, 6) is -10.3. The minimum atomic E-state index is -2.02. The van der Waals surface area contributed by atoms with E-state index in [4.69, 9.17) is 34.3 Å². The number of ether oxygens (including phenoxy) is 4. The van der Waals surface area contributed by atoms with Crippen LogP contribution in [0.25, 0.3) is 0 Å². The van der Waals surface area contributed by atoms with E-state index in [9.17, 15) is 98.4 Å². The number of imide groups is 1. The van der Waals surface area contributed by atoms with Crippen LogP contribution in [0.4, 0.5) is 0 Å². The van der Waals surface area contributed by atoms with Gasteiger partial charge in [0, 0.05) is 51.0 Å². The zero-order chi connectivity index (χ0) is 63.1. The number of aliphatic hydroxyl groups is 10. The Labute approximate surface area is 479 Å². The Morgan fingerprint density at radius 3 is 1.26 bits per heavy atom. The van der Waals surface area contributed by atoms with Crippen molar-refractivity contribution in [3.8, 4) is 0 Å². The maximum Gasteiger partial charge on any atom is 0.303 e. The van der Waals surface area contributed by atoms with Gasteiger partial charge in [-0.05, 0) is 12.8 Å². The summed E-state index contributed by atoms with van der Waals surface area (Å²) in [6.45, 7) is -5.54. The molecule has 20 N–H and O–H groups in total. The van der Waals surface area contributed by atoms with E-state index in [0.717, 1.165) is 12.2 Å². The summed E-state index contributed by atoms with van der Waals surface area (Å²) in [5, 5.41) is 126. The minimum absolute atomic E-state index is 0.0423. The smallest absolute Gasteiger partial charge is 0.303 e. The highest BCUT2D eigenvalue weighted by atomic mass is 16.6. The summed E-state index contributed by atoms with van der Waals surface area (Å²) in [4.78, 5) is 147. The van der Waals surface area contributed by atoms with Crippen LogP contribution in [0.5, 0.6) is 0 Å². The Balaban J connectivity index is 2.27. The molecule has 6 unspecified atom stereocenters. The fraction of sp³-hybridized carbons (Fsp3) is 0.702. The van der Waals surface area contributed by atoms with Crippen LogP contribution in [-0.2, 0) is 76.5 Å². The molecule has 10 atom stereocenters. The lowest BCUT2D eigenvalue weighted by Gasteiger charge is -2.26. The van der Waals surface area contributed by atoms with Gasteiger partial charge in [0.15, 0.2) is 0 Å². The molecule has 0 radical (unpaired) electrons. The van der Waals surface area contributed by atoms with Gasteiger partial charge in [0.2, 0.25) is 53.2 Å². The second-order valence-electron chi connectivity index (χ2n) is 18.1. The van der Waals surface area contributed by atoms with Crippen LogP contribution < -0.4 is 47.9 Å². The first-order valence-electron chi connectivity index (χ1n) is 26.0. The van der Waals surface area contributed by atoms with Crippen molar-refractivity contribution in [1.82, 2.24) is 52.8 Å². The van der Waals surface area contributed by atoms with Crippen LogP contribution in [0.15, 0.2) is 12.2 Å². The molecule has 0 bridgehead atoms. The van der Waals surface area contributed by atoms with Crippen LogP contribution in [0.2, 0.25) is 0 Å². The number of aliphatic hydroxyl groups excluding tert-OH is 10. The number of carbonyl (C=O) groups excluding carboxylic acids is 11. The van der Waals surface area contributed by atoms with E-state index in [2.05, 4.69) is 47.9 Å². The van der Waals surface area contributed by atoms with Gasteiger partial charge in [0.25, 0.3) is 11.8 Å². The number of carboxylic acid groups (broad SMARTS) is 1. The SMILES string of the molecule is O=C(O)CCC(NC(=O)CN1C(=O)C=CC1=O)C(=O)NCC(=O)NCC(=O)NCC(=O)NCC(=O)NCCOCCOCCOCCOCCC(=O)NC(CCC(=O)NCC(O)C(O)C(O)C(O)CO)C(=O)NC[C@H](O)[C@@H](O)[C@H](O)[C@H](O)CO. The Kier molecular flexibility index (Phi) is 38.2. The first-order valence-corrected chi connectivity index (χ1v) is 26.0. The first-order chi connectivity index (χ1) is 39.8. The van der Waals surface area contributed by atoms with Crippen LogP contribution in [-0.4, -0.2) is 311 Å². The summed E-state index contributed by atoms with van der Waals surface area (Å²) in [6, 6.07) is -2.90. The van der Waals surface area contributed by atoms with Crippen molar-refractivity contribution in [3.63, 3.8) is 0 Å². The molecule has 11 amide bonds. The van der Waals surface area contributed by atoms with E-state index in [0.29, 0.717) is 4.90 Å². The van der Waals surface area contributed by atoms with Gasteiger partial charge < -0.3 is 123 Å². The number of carbonyl (C=O) groups is 12. The first kappa shape index (κ1) is 75.0. The van der Waals surface area contributed by atoms with E-state index < -0.39 is 210 Å². The van der Waals surface area contributed by atoms with Gasteiger partial charge in [-0.2, -0.15) is 0 Å². The Morgan fingerprint density at radius 1 is 0.417 bits per heavy atom. The summed E-state index contributed by atoms with van der Waals surface area (Å²) < 4.78 is 21.5. The number of nitrogens with zero attached hydrogens (tertiary/aromatic N) is 1. The van der Waals surface area contributed by atoms with Gasteiger partial charge in [0.1, 0.15) is 55.3 Å². The second kappa shape index (κ2) is 42.8. The van der Waals surface area contributed by atoms with Gasteiger partial charge in [-0.15, -0.1) is 0 Å². The van der Waals surface area contributed by atoms with E-state index in [-0.39, 0.29) is 72.2 Å². The molecule has 0 aromatic rings. The van der Waals surface area contributed by atoms with Crippen LogP contribution >= 0.6 is 0 Å². The Hall–Kier alpha value is -6.98. The highest BCUT2D eigenvalue weighted by molar-refractivity contribution is 6.14. The molecular formula is C47H78N10O27. The molecule has 37 nitrogen and oxygen atoms in total. The van der Waals surface area contributed by atoms with Crippen molar-refractivity contribution in [2.75, 3.05) is 118 Å². The molecule has 0 spiro atoms. The molecule has 0 fully saturated rings. The van der Waals surface area contributed by atoms with Crippen molar-refractivity contribution < 1.29 is 133 Å². The van der Waals surface area contributed by atoms with Crippen molar-refractivity contribution in [2.45, 2.75) is 93.0 Å². The van der Waals surface area contributed by atoms with E-state index in [1.165, 1.54) is 0 Å². The fourth-order valence-electron chi connectivity index (χ4n) is 6.59. The van der Waals surface area contributed by atoms with Gasteiger partial charge in [0.05, 0.1) is 104 Å². The van der Waals surface area contributed by atoms with Gasteiger partial charge in [-0.25, -0.2) is 0 Å². The topological polar surface area (TPSA) is 576 Å². The van der Waals surface area contributed by atoms with Gasteiger partial charge in [-0.1, -0.05) is 0 Å². The molecule has 1 aliphatic rings. The lowest BCUT2D eigenvalue weighted by molar-refractivity contribution is -0.141. The summed E-state index contributed by atoms with van der Waals surface area (Å²) >= 11 is 0. The molecule has 84 heavy (non-hydrogen) atoms. The number of nitrogens with one attached hydrogen (secondary N) is 9. The van der Waals surface area contributed by atoms with E-state index >= 15 is 0 Å². The summed E-state index contributed by atoms with van der Waals surface area (Å²) in [6.07, 6.45) is -15.4. The van der Waals surface area contributed by atoms with Crippen molar-refractivity contribution in [1.29, 1.82) is 0 Å². The Morgan fingerprint density at radius 2 is 0.798 bits per heavy atom. The zero-order valence-corrected chi connectivity index (χ0v) is 45.6. The van der Waals surface area contributed by atoms with Crippen molar-refractivity contribution in [2.24, 2.45) is 0 Å². The average molecular weight is 1220 g/mol. The third-order valence-corrected chi connectivity index (χ3v) is 11.4. The van der Waals surface area contributed by atoms with Crippen LogP contribution in [0.1, 0.15) is 32.1 Å². The monoisotopic (exact) mass is 1210 g/mol. The van der Waals surface area contributed by atoms with Gasteiger partial charge >= 0.3 is 5.97 Å². The molecule has 37 heteroatoms. The van der Waals surface area contributed by atoms with E-state index in [1.807, 2.05) is 0 Å². The summed E-state index contributed by atoms with van der Waals surface area (Å²) in [5.41, 5.74) is 0. The highest BCUT2D eigenvalue weighted by Gasteiger charge is 2.33. The number of rotatable bonds is 47. The zero-order valence-electron chi connectivity index (χ0n) is 45.6. The minimum Gasteiger partial charge on any atom is -0.481 e. The largest absolute Gasteiger partial charge is 0.481 e. The average Bonchev–Trinajstić information content (AvgIpc) is 3.85. The molecule has 0 aromatic carbocycles. The predicted octanol–water partition coefficient (Wildman–Crippen LogP) is -13.3. The third kappa shape index (κ3) is 32.8. The molecular weight excluding hydrogens is 1140 g/mol. The van der Waals surface area contributed by atoms with Crippen LogP contribution in [0.3, 0.4) is 0 Å². The second-order valence-corrected chi connectivity index (χ2v) is 18.1. The molecule has 1 aliphatic heterocycles. The molecule has 0 aromatic heterocycles. The fourth-order valence-corrected chi connectivity index (χ4v) is 6.59. The maximum absolute atomic E-state index is 13.0. The molecule has 1 rings (SSSR count). The molecule has 0 aliphatic carbocycles. The number of amides is 11. The molecule has 0 saturated carbocycles. The van der Waals surface area contributed by atoms with E-state index in [1.54, 1.807) is 0 Å². The lowest BCUT2D eigenvalue weighted by Crippen LogP contribution is -2.53. The maximum atomic E-state index is 13.0. The quantitative estimate of drug-likeness (QED) is 0.0199. The van der Waals surface area contributed by atoms with Crippen molar-refractivity contribution >= 4 is 70.9 Å². The number of aliphatic carboxylic acids is 1. The normalized spacial score (nSPS) is 15.6. The number of hydrogen-bond acceptors (Lipinski definition) is 26. The van der Waals surface area contributed by atoms with Crippen LogP contribution in [0, 0.1) is 0 Å². The number of carboxylic acids is 1. The highest BCUT2D eigenvalue weighted by Crippen LogP contribution is 2.08. The number of hydrogen-bond donors (Lipinski definition) is 20. The lowest BCUT2D eigenvalue weighted by atomic mass is 10.0. The molecule has 1 heterocycles. The standard InChI is InChI=1S/C47H78N10O27/c58-24-30(62)44(77)42(75)28(60)17-49-32(64)3-1-26(46(79)53-18-29(61)43(76)45(78)31(63)25-59)55-33(65)7-9-81-11-13-83-15-16-84-14-12-82-10-8-48-34(66)19-50-35(67)20-51-36(68)21-52-37(69)22-54-47(80)27(2-6-41(73)74)56-38(70)23-57-39(71)4-5-40(57)72/h4-5,26-31,42-45,58-63,75-78H,1-3,6-25H2,(H,48,66)(H,49,64)(H,50,67)(H,51,68)(H,52,69)(H,53,79)(H,54,80)(H,55,65)(H,56,70)(H,73,74)/t26?,27?,28?,29-,30?,31+,42?,43+,44?,45+/m0/s1. The van der Waals surface area contributed by atoms with Gasteiger partial charge in [-0.3, -0.25) is 62.4 Å². The summed E-state index contributed by atoms with van der Waals surface area (Å²) in [7, 11) is 0. The van der Waals surface area contributed by atoms with Crippen molar-refractivity contribution in [3.05, 3.63) is 12.2 Å². The molecule has 0 saturated heterocycles. The molecule has 478 valence electrons. The predicted molar refractivity (Wildman–Crippen MR) is 277 cm³/mol. The third-order valence-electron chi connectivity index (χ3n) is 11.4.